The maximum Gasteiger partial charge on any atom is 0.194 e. The SMILES string of the molecule is CCCCCc1ccc(-c2ccc(-c3ccc(-c4cc(F)c(F)c(F)c4)c(F)c3)c(F)c2)cc1. The van der Waals surface area contributed by atoms with Crippen molar-refractivity contribution in [3.63, 3.8) is 0 Å². The zero-order valence-corrected chi connectivity index (χ0v) is 18.6. The molecule has 4 rings (SSSR count). The Hall–Kier alpha value is -3.47. The molecule has 0 saturated heterocycles. The van der Waals surface area contributed by atoms with Gasteiger partial charge >= 0.3 is 0 Å². The van der Waals surface area contributed by atoms with E-state index in [1.165, 1.54) is 36.6 Å². The summed E-state index contributed by atoms with van der Waals surface area (Å²) in [7, 11) is 0. The molecule has 0 atom stereocenters. The van der Waals surface area contributed by atoms with Crippen molar-refractivity contribution in [2.45, 2.75) is 32.6 Å². The van der Waals surface area contributed by atoms with Crippen LogP contribution in [0.1, 0.15) is 31.7 Å². The molecule has 0 spiro atoms. The summed E-state index contributed by atoms with van der Waals surface area (Å²) >= 11 is 0. The third-order valence-corrected chi connectivity index (χ3v) is 5.90. The lowest BCUT2D eigenvalue weighted by Gasteiger charge is -2.10. The highest BCUT2D eigenvalue weighted by atomic mass is 19.2. The summed E-state index contributed by atoms with van der Waals surface area (Å²) in [6, 6.07) is 18.1. The topological polar surface area (TPSA) is 0 Å². The predicted molar refractivity (Wildman–Crippen MR) is 126 cm³/mol. The summed E-state index contributed by atoms with van der Waals surface area (Å²) in [4.78, 5) is 0. The highest BCUT2D eigenvalue weighted by Crippen LogP contribution is 2.32. The maximum absolute atomic E-state index is 14.9. The van der Waals surface area contributed by atoms with Crippen molar-refractivity contribution in [1.29, 1.82) is 0 Å². The highest BCUT2D eigenvalue weighted by molar-refractivity contribution is 5.74. The molecule has 0 fully saturated rings. The van der Waals surface area contributed by atoms with Crippen LogP contribution in [0.25, 0.3) is 33.4 Å². The van der Waals surface area contributed by atoms with E-state index in [-0.39, 0.29) is 22.3 Å². The standard InChI is InChI=1S/C29H23F5/c1-2-3-4-5-18-6-8-19(9-7-18)20-10-12-23(25(30)14-20)21-11-13-24(26(31)15-21)22-16-27(32)29(34)28(33)17-22/h6-17H,2-5H2,1H3. The van der Waals surface area contributed by atoms with Crippen molar-refractivity contribution in [3.05, 3.63) is 107 Å². The normalized spacial score (nSPS) is 11.1. The van der Waals surface area contributed by atoms with Crippen LogP contribution in [-0.4, -0.2) is 0 Å². The average Bonchev–Trinajstić information content (AvgIpc) is 2.83. The zero-order valence-electron chi connectivity index (χ0n) is 18.6. The minimum Gasteiger partial charge on any atom is -0.206 e. The molecule has 34 heavy (non-hydrogen) atoms. The van der Waals surface area contributed by atoms with Crippen LogP contribution in [0, 0.1) is 29.1 Å². The first-order valence-corrected chi connectivity index (χ1v) is 11.2. The van der Waals surface area contributed by atoms with Gasteiger partial charge in [-0.05, 0) is 64.9 Å². The summed E-state index contributed by atoms with van der Waals surface area (Å²) < 4.78 is 70.0. The molecule has 174 valence electrons. The number of unbranched alkanes of at least 4 members (excludes halogenated alkanes) is 2. The van der Waals surface area contributed by atoms with Gasteiger partial charge in [-0.2, -0.15) is 0 Å². The van der Waals surface area contributed by atoms with E-state index in [9.17, 15) is 22.0 Å². The predicted octanol–water partition coefficient (Wildman–Crippen LogP) is 9.12. The fraction of sp³-hybridized carbons (Fsp3) is 0.172. The van der Waals surface area contributed by atoms with Crippen molar-refractivity contribution in [3.8, 4) is 33.4 Å². The zero-order chi connectivity index (χ0) is 24.2. The maximum atomic E-state index is 14.9. The molecule has 0 aliphatic heterocycles. The Labute approximate surface area is 195 Å². The van der Waals surface area contributed by atoms with Gasteiger partial charge in [0, 0.05) is 11.1 Å². The summed E-state index contributed by atoms with van der Waals surface area (Å²) in [5.41, 5.74) is 3.04. The molecule has 0 saturated carbocycles. The van der Waals surface area contributed by atoms with Gasteiger partial charge in [-0.25, -0.2) is 22.0 Å². The lowest BCUT2D eigenvalue weighted by Crippen LogP contribution is -1.94. The monoisotopic (exact) mass is 466 g/mol. The number of halogens is 5. The second kappa shape index (κ2) is 10.2. The molecule has 0 aliphatic carbocycles. The Bertz CT molecular complexity index is 1290. The van der Waals surface area contributed by atoms with Crippen molar-refractivity contribution in [2.75, 3.05) is 0 Å². The summed E-state index contributed by atoms with van der Waals surface area (Å²) in [5, 5.41) is 0. The van der Waals surface area contributed by atoms with Crippen molar-refractivity contribution < 1.29 is 22.0 Å². The van der Waals surface area contributed by atoms with E-state index in [0.717, 1.165) is 36.6 Å². The Morgan fingerprint density at radius 1 is 0.500 bits per heavy atom. The van der Waals surface area contributed by atoms with Gasteiger partial charge in [0.05, 0.1) is 0 Å². The molecular weight excluding hydrogens is 443 g/mol. The van der Waals surface area contributed by atoms with Gasteiger partial charge in [-0.3, -0.25) is 0 Å². The Kier molecular flexibility index (Phi) is 7.11. The van der Waals surface area contributed by atoms with Gasteiger partial charge in [0.15, 0.2) is 17.5 Å². The van der Waals surface area contributed by atoms with Gasteiger partial charge in [-0.1, -0.05) is 68.3 Å². The van der Waals surface area contributed by atoms with E-state index in [4.69, 9.17) is 0 Å². The minimum absolute atomic E-state index is 0.113. The second-order valence-corrected chi connectivity index (χ2v) is 8.30. The number of hydrogen-bond acceptors (Lipinski definition) is 0. The van der Waals surface area contributed by atoms with E-state index < -0.39 is 29.1 Å². The molecule has 0 unspecified atom stereocenters. The van der Waals surface area contributed by atoms with Crippen LogP contribution in [0.2, 0.25) is 0 Å². The van der Waals surface area contributed by atoms with Gasteiger partial charge < -0.3 is 0 Å². The summed E-state index contributed by atoms with van der Waals surface area (Å²) in [6.07, 6.45) is 4.51. The molecule has 0 N–H and O–H groups in total. The molecule has 0 nitrogen and oxygen atoms in total. The quantitative estimate of drug-likeness (QED) is 0.145. The van der Waals surface area contributed by atoms with E-state index >= 15 is 0 Å². The van der Waals surface area contributed by atoms with Gasteiger partial charge in [0.1, 0.15) is 11.6 Å². The molecule has 4 aromatic rings. The molecule has 0 bridgehead atoms. The molecule has 4 aromatic carbocycles. The fourth-order valence-corrected chi connectivity index (χ4v) is 4.00. The van der Waals surface area contributed by atoms with Gasteiger partial charge in [-0.15, -0.1) is 0 Å². The molecule has 0 aromatic heterocycles. The number of benzene rings is 4. The molecular formula is C29H23F5. The lowest BCUT2D eigenvalue weighted by molar-refractivity contribution is 0.447. The fourth-order valence-electron chi connectivity index (χ4n) is 4.00. The lowest BCUT2D eigenvalue weighted by atomic mass is 9.96. The van der Waals surface area contributed by atoms with E-state index in [1.807, 2.05) is 24.3 Å². The van der Waals surface area contributed by atoms with Crippen molar-refractivity contribution in [1.82, 2.24) is 0 Å². The van der Waals surface area contributed by atoms with Gasteiger partial charge in [0.25, 0.3) is 0 Å². The Morgan fingerprint density at radius 3 is 1.59 bits per heavy atom. The first-order chi connectivity index (χ1) is 16.4. The van der Waals surface area contributed by atoms with Crippen LogP contribution in [0.5, 0.6) is 0 Å². The summed E-state index contributed by atoms with van der Waals surface area (Å²) in [6.45, 7) is 2.16. The van der Waals surface area contributed by atoms with Crippen LogP contribution in [0.15, 0.2) is 72.8 Å². The summed E-state index contributed by atoms with van der Waals surface area (Å²) in [5.74, 6) is -5.75. The van der Waals surface area contributed by atoms with Crippen LogP contribution in [0.3, 0.4) is 0 Å². The third kappa shape index (κ3) is 5.04. The first kappa shape index (κ1) is 23.7. The molecule has 0 amide bonds. The third-order valence-electron chi connectivity index (χ3n) is 5.90. The molecule has 0 aliphatic rings. The van der Waals surface area contributed by atoms with E-state index in [2.05, 4.69) is 6.92 Å². The van der Waals surface area contributed by atoms with Crippen molar-refractivity contribution >= 4 is 0 Å². The molecule has 0 radical (unpaired) electrons. The highest BCUT2D eigenvalue weighted by Gasteiger charge is 2.16. The van der Waals surface area contributed by atoms with E-state index in [1.54, 1.807) is 12.1 Å². The number of rotatable bonds is 7. The van der Waals surface area contributed by atoms with Crippen LogP contribution < -0.4 is 0 Å². The molecule has 0 heterocycles. The van der Waals surface area contributed by atoms with Crippen LogP contribution in [0.4, 0.5) is 22.0 Å². The Balaban J connectivity index is 1.58. The largest absolute Gasteiger partial charge is 0.206 e. The molecule has 5 heteroatoms. The first-order valence-electron chi connectivity index (χ1n) is 11.2. The Morgan fingerprint density at radius 2 is 1.00 bits per heavy atom. The number of hydrogen-bond donors (Lipinski definition) is 0. The van der Waals surface area contributed by atoms with E-state index in [0.29, 0.717) is 5.56 Å². The second-order valence-electron chi connectivity index (χ2n) is 8.30. The average molecular weight is 466 g/mol. The van der Waals surface area contributed by atoms with Gasteiger partial charge in [0.2, 0.25) is 0 Å². The van der Waals surface area contributed by atoms with Crippen LogP contribution in [-0.2, 0) is 6.42 Å². The smallest absolute Gasteiger partial charge is 0.194 e. The van der Waals surface area contributed by atoms with Crippen LogP contribution >= 0.6 is 0 Å². The van der Waals surface area contributed by atoms with Crippen molar-refractivity contribution in [2.24, 2.45) is 0 Å². The minimum atomic E-state index is -1.62. The number of aryl methyl sites for hydroxylation is 1.